The van der Waals surface area contributed by atoms with Gasteiger partial charge in [-0.15, -0.1) is 0 Å². The van der Waals surface area contributed by atoms with Crippen molar-refractivity contribution in [3.63, 3.8) is 0 Å². The number of aromatic amines is 1. The largest absolute Gasteiger partial charge is 0.336 e. The molecule has 26 heavy (non-hydrogen) atoms. The van der Waals surface area contributed by atoms with E-state index in [4.69, 9.17) is 4.98 Å². The van der Waals surface area contributed by atoms with Crippen molar-refractivity contribution in [1.29, 1.82) is 0 Å². The first kappa shape index (κ1) is 15.1. The maximum Gasteiger partial charge on any atom is 0.275 e. The van der Waals surface area contributed by atoms with Gasteiger partial charge in [0.05, 0.1) is 22.7 Å². The van der Waals surface area contributed by atoms with Crippen LogP contribution in [0.4, 0.5) is 0 Å². The lowest BCUT2D eigenvalue weighted by atomic mass is 10.1. The molecule has 0 spiro atoms. The van der Waals surface area contributed by atoms with E-state index < -0.39 is 0 Å². The zero-order valence-electron chi connectivity index (χ0n) is 14.4. The predicted molar refractivity (Wildman–Crippen MR) is 97.9 cm³/mol. The summed E-state index contributed by atoms with van der Waals surface area (Å²) >= 11 is 0. The minimum absolute atomic E-state index is 0.0228. The van der Waals surface area contributed by atoms with E-state index in [1.54, 1.807) is 6.20 Å². The smallest absolute Gasteiger partial charge is 0.275 e. The Morgan fingerprint density at radius 3 is 3.04 bits per heavy atom. The highest BCUT2D eigenvalue weighted by Crippen LogP contribution is 2.30. The number of fused-ring (bicyclic) bond motifs is 2. The maximum absolute atomic E-state index is 13.0. The van der Waals surface area contributed by atoms with Crippen LogP contribution in [0, 0.1) is 0 Å². The molecule has 1 saturated heterocycles. The summed E-state index contributed by atoms with van der Waals surface area (Å²) in [7, 11) is 2.01. The van der Waals surface area contributed by atoms with Crippen molar-refractivity contribution in [2.75, 3.05) is 13.1 Å². The zero-order chi connectivity index (χ0) is 17.7. The van der Waals surface area contributed by atoms with Crippen LogP contribution in [0.25, 0.3) is 21.9 Å². The van der Waals surface area contributed by atoms with Crippen molar-refractivity contribution in [3.05, 3.63) is 54.2 Å². The number of hydrogen-bond acceptors (Lipinski definition) is 4. The second-order valence-electron chi connectivity index (χ2n) is 6.75. The van der Waals surface area contributed by atoms with Crippen LogP contribution in [0.5, 0.6) is 0 Å². The summed E-state index contributed by atoms with van der Waals surface area (Å²) in [5.74, 6) is 1.21. The summed E-state index contributed by atoms with van der Waals surface area (Å²) in [4.78, 5) is 23.8. The third-order valence-electron chi connectivity index (χ3n) is 5.23. The van der Waals surface area contributed by atoms with Crippen LogP contribution in [0.2, 0.25) is 0 Å². The van der Waals surface area contributed by atoms with Gasteiger partial charge in [0, 0.05) is 37.6 Å². The number of nitrogens with zero attached hydrogens (tertiary/aromatic N) is 5. The molecule has 0 unspecified atom stereocenters. The molecule has 0 saturated carbocycles. The van der Waals surface area contributed by atoms with Gasteiger partial charge in [-0.05, 0) is 18.6 Å². The predicted octanol–water partition coefficient (Wildman–Crippen LogP) is 2.47. The van der Waals surface area contributed by atoms with Crippen molar-refractivity contribution >= 4 is 27.8 Å². The molecule has 4 heterocycles. The van der Waals surface area contributed by atoms with Crippen molar-refractivity contribution in [1.82, 2.24) is 29.6 Å². The molecule has 130 valence electrons. The van der Waals surface area contributed by atoms with Crippen molar-refractivity contribution in [3.8, 4) is 0 Å². The molecule has 5 rings (SSSR count). The first-order valence-electron chi connectivity index (χ1n) is 8.71. The number of imidazole rings is 1. The van der Waals surface area contributed by atoms with Gasteiger partial charge >= 0.3 is 0 Å². The molecule has 1 fully saturated rings. The van der Waals surface area contributed by atoms with E-state index in [0.29, 0.717) is 18.8 Å². The van der Waals surface area contributed by atoms with Gasteiger partial charge in [-0.1, -0.05) is 18.2 Å². The van der Waals surface area contributed by atoms with Crippen LogP contribution in [0.15, 0.2) is 42.7 Å². The molecule has 0 radical (unpaired) electrons. The molecular weight excluding hydrogens is 328 g/mol. The Labute approximate surface area is 149 Å². The van der Waals surface area contributed by atoms with Gasteiger partial charge < -0.3 is 9.47 Å². The summed E-state index contributed by atoms with van der Waals surface area (Å²) in [6.07, 6.45) is 4.49. The maximum atomic E-state index is 13.0. The van der Waals surface area contributed by atoms with Crippen LogP contribution in [0.1, 0.15) is 28.7 Å². The van der Waals surface area contributed by atoms with Crippen LogP contribution in [0.3, 0.4) is 0 Å². The standard InChI is InChI=1S/C19H18N6O/c1-24-16-10-20-8-6-15(16)21-18(24)12-7-9-25(11-12)19(26)17-13-4-2-3-5-14(13)22-23-17/h2-6,8,10,12H,7,9,11H2,1H3,(H,22,23)/t12-/m1/s1. The van der Waals surface area contributed by atoms with E-state index in [0.717, 1.165) is 34.2 Å². The fraction of sp³-hybridized carbons (Fsp3) is 0.263. The topological polar surface area (TPSA) is 79.7 Å². The Balaban J connectivity index is 1.43. The van der Waals surface area contributed by atoms with Gasteiger partial charge in [0.2, 0.25) is 0 Å². The summed E-state index contributed by atoms with van der Waals surface area (Å²) < 4.78 is 2.09. The number of carbonyl (C=O) groups excluding carboxylic acids is 1. The summed E-state index contributed by atoms with van der Waals surface area (Å²) in [6, 6.07) is 9.64. The van der Waals surface area contributed by atoms with Gasteiger partial charge in [0.15, 0.2) is 5.69 Å². The molecule has 1 amide bonds. The monoisotopic (exact) mass is 346 g/mol. The highest BCUT2D eigenvalue weighted by atomic mass is 16.2. The first-order valence-corrected chi connectivity index (χ1v) is 8.71. The van der Waals surface area contributed by atoms with Gasteiger partial charge in [-0.3, -0.25) is 14.9 Å². The Bertz CT molecular complexity index is 1130. The Kier molecular flexibility index (Phi) is 3.28. The lowest BCUT2D eigenvalue weighted by molar-refractivity contribution is 0.0786. The molecular formula is C19H18N6O. The molecule has 7 nitrogen and oxygen atoms in total. The van der Waals surface area contributed by atoms with E-state index in [1.165, 1.54) is 0 Å². The Morgan fingerprint density at radius 1 is 1.27 bits per heavy atom. The molecule has 4 aromatic rings. The van der Waals surface area contributed by atoms with Crippen LogP contribution in [-0.4, -0.2) is 48.6 Å². The number of carbonyl (C=O) groups is 1. The number of benzene rings is 1. The second-order valence-corrected chi connectivity index (χ2v) is 6.75. The second kappa shape index (κ2) is 5.66. The molecule has 1 N–H and O–H groups in total. The number of H-pyrrole nitrogens is 1. The number of rotatable bonds is 2. The molecule has 0 bridgehead atoms. The average Bonchev–Trinajstić information content (AvgIpc) is 3.38. The van der Waals surface area contributed by atoms with E-state index in [-0.39, 0.29) is 11.8 Å². The minimum atomic E-state index is -0.0228. The number of likely N-dealkylation sites (tertiary alicyclic amines) is 1. The van der Waals surface area contributed by atoms with Crippen LogP contribution in [-0.2, 0) is 7.05 Å². The van der Waals surface area contributed by atoms with Gasteiger partial charge in [0.25, 0.3) is 5.91 Å². The Hall–Kier alpha value is -3.22. The van der Waals surface area contributed by atoms with Crippen LogP contribution < -0.4 is 0 Å². The number of pyridine rings is 1. The normalized spacial score (nSPS) is 17.4. The summed E-state index contributed by atoms with van der Waals surface area (Å²) in [5.41, 5.74) is 3.34. The molecule has 0 aliphatic carbocycles. The third kappa shape index (κ3) is 2.20. The average molecular weight is 346 g/mol. The van der Waals surface area contributed by atoms with Crippen molar-refractivity contribution in [2.45, 2.75) is 12.3 Å². The summed E-state index contributed by atoms with van der Waals surface area (Å²) in [6.45, 7) is 1.37. The molecule has 1 atom stereocenters. The molecule has 1 aromatic carbocycles. The van der Waals surface area contributed by atoms with E-state index >= 15 is 0 Å². The fourth-order valence-corrected chi connectivity index (χ4v) is 3.85. The SMILES string of the molecule is Cn1c([C@@H]2CCN(C(=O)c3n[nH]c4ccccc34)C2)nc2ccncc21. The number of amides is 1. The zero-order valence-corrected chi connectivity index (χ0v) is 14.4. The number of aromatic nitrogens is 5. The molecule has 1 aliphatic rings. The molecule has 7 heteroatoms. The highest BCUT2D eigenvalue weighted by Gasteiger charge is 2.32. The van der Waals surface area contributed by atoms with Gasteiger partial charge in [0.1, 0.15) is 5.82 Å². The van der Waals surface area contributed by atoms with E-state index in [1.807, 2.05) is 48.5 Å². The third-order valence-corrected chi connectivity index (χ3v) is 5.23. The first-order chi connectivity index (χ1) is 12.7. The Morgan fingerprint density at radius 2 is 2.15 bits per heavy atom. The number of nitrogens with one attached hydrogen (secondary N) is 1. The lowest BCUT2D eigenvalue weighted by Gasteiger charge is -2.15. The van der Waals surface area contributed by atoms with Gasteiger partial charge in [-0.25, -0.2) is 4.98 Å². The fourth-order valence-electron chi connectivity index (χ4n) is 3.85. The number of aryl methyl sites for hydroxylation is 1. The minimum Gasteiger partial charge on any atom is -0.336 e. The quantitative estimate of drug-likeness (QED) is 0.605. The highest BCUT2D eigenvalue weighted by molar-refractivity contribution is 6.04. The number of hydrogen-bond donors (Lipinski definition) is 1. The number of para-hydroxylation sites is 1. The van der Waals surface area contributed by atoms with Crippen molar-refractivity contribution in [2.24, 2.45) is 7.05 Å². The van der Waals surface area contributed by atoms with Crippen molar-refractivity contribution < 1.29 is 4.79 Å². The van der Waals surface area contributed by atoms with E-state index in [2.05, 4.69) is 19.7 Å². The molecule has 1 aliphatic heterocycles. The molecule has 3 aromatic heterocycles. The van der Waals surface area contributed by atoms with Crippen LogP contribution >= 0.6 is 0 Å². The lowest BCUT2D eigenvalue weighted by Crippen LogP contribution is -2.29. The van der Waals surface area contributed by atoms with Gasteiger partial charge in [-0.2, -0.15) is 5.10 Å². The summed E-state index contributed by atoms with van der Waals surface area (Å²) in [5, 5.41) is 8.06. The van der Waals surface area contributed by atoms with E-state index in [9.17, 15) is 4.79 Å².